The van der Waals surface area contributed by atoms with Gasteiger partial charge >= 0.3 is 0 Å². The van der Waals surface area contributed by atoms with Gasteiger partial charge in [-0.05, 0) is 42.0 Å². The minimum Gasteiger partial charge on any atom is -0.493 e. The van der Waals surface area contributed by atoms with Crippen molar-refractivity contribution >= 4 is 11.6 Å². The van der Waals surface area contributed by atoms with Crippen molar-refractivity contribution in [3.05, 3.63) is 115 Å². The molecule has 0 bridgehead atoms. The smallest absolute Gasteiger partial charge is 0.270 e. The van der Waals surface area contributed by atoms with Gasteiger partial charge in [0.25, 0.3) is 5.91 Å². The SMILES string of the molecule is COc1ccc(NC(=O)C(Oc2ccccc2)c2ccccc2)cc1OCc1ccncc1. The second-order valence-electron chi connectivity index (χ2n) is 7.22. The maximum Gasteiger partial charge on any atom is 0.270 e. The van der Waals surface area contributed by atoms with E-state index in [0.717, 1.165) is 11.1 Å². The number of nitrogens with one attached hydrogen (secondary N) is 1. The van der Waals surface area contributed by atoms with Crippen molar-refractivity contribution in [3.63, 3.8) is 0 Å². The van der Waals surface area contributed by atoms with Gasteiger partial charge in [0, 0.05) is 29.7 Å². The van der Waals surface area contributed by atoms with Crippen molar-refractivity contribution in [1.29, 1.82) is 0 Å². The summed E-state index contributed by atoms with van der Waals surface area (Å²) in [6.45, 7) is 0.347. The van der Waals surface area contributed by atoms with Gasteiger partial charge in [-0.1, -0.05) is 48.5 Å². The summed E-state index contributed by atoms with van der Waals surface area (Å²) in [7, 11) is 1.58. The fourth-order valence-corrected chi connectivity index (χ4v) is 3.25. The lowest BCUT2D eigenvalue weighted by Crippen LogP contribution is -2.25. The molecule has 6 nitrogen and oxygen atoms in total. The molecule has 0 radical (unpaired) electrons. The van der Waals surface area contributed by atoms with Crippen LogP contribution in [0.3, 0.4) is 0 Å². The third kappa shape index (κ3) is 5.89. The Morgan fingerprint density at radius 2 is 1.58 bits per heavy atom. The highest BCUT2D eigenvalue weighted by atomic mass is 16.5. The molecular weight excluding hydrogens is 416 g/mol. The summed E-state index contributed by atoms with van der Waals surface area (Å²) in [5.41, 5.74) is 2.30. The Labute approximate surface area is 192 Å². The lowest BCUT2D eigenvalue weighted by Gasteiger charge is -2.20. The lowest BCUT2D eigenvalue weighted by atomic mass is 10.1. The highest BCUT2D eigenvalue weighted by molar-refractivity contribution is 5.95. The molecule has 166 valence electrons. The molecule has 0 saturated carbocycles. The number of nitrogens with zero attached hydrogens (tertiary/aromatic N) is 1. The first-order valence-electron chi connectivity index (χ1n) is 10.5. The molecule has 4 rings (SSSR count). The molecule has 0 saturated heterocycles. The zero-order valence-electron chi connectivity index (χ0n) is 18.2. The van der Waals surface area contributed by atoms with E-state index in [1.54, 1.807) is 37.7 Å². The van der Waals surface area contributed by atoms with E-state index in [-0.39, 0.29) is 5.91 Å². The van der Waals surface area contributed by atoms with Crippen LogP contribution in [0.25, 0.3) is 0 Å². The Balaban J connectivity index is 1.53. The molecule has 0 aliphatic heterocycles. The number of methoxy groups -OCH3 is 1. The fraction of sp³-hybridized carbons (Fsp3) is 0.111. The summed E-state index contributed by atoms with van der Waals surface area (Å²) in [6, 6.07) is 27.7. The second-order valence-corrected chi connectivity index (χ2v) is 7.22. The number of pyridine rings is 1. The first-order chi connectivity index (χ1) is 16.2. The van der Waals surface area contributed by atoms with Gasteiger partial charge in [-0.25, -0.2) is 0 Å². The zero-order valence-corrected chi connectivity index (χ0v) is 18.2. The predicted molar refractivity (Wildman–Crippen MR) is 126 cm³/mol. The van der Waals surface area contributed by atoms with E-state index in [9.17, 15) is 4.79 Å². The molecule has 1 amide bonds. The predicted octanol–water partition coefficient (Wildman–Crippen LogP) is 5.43. The molecule has 1 unspecified atom stereocenters. The topological polar surface area (TPSA) is 69.7 Å². The number of amides is 1. The lowest BCUT2D eigenvalue weighted by molar-refractivity contribution is -0.123. The Morgan fingerprint density at radius 1 is 0.879 bits per heavy atom. The van der Waals surface area contributed by atoms with Crippen LogP contribution in [-0.2, 0) is 11.4 Å². The minimum absolute atomic E-state index is 0.296. The number of hydrogen-bond acceptors (Lipinski definition) is 5. The first-order valence-corrected chi connectivity index (χ1v) is 10.5. The van der Waals surface area contributed by atoms with Crippen molar-refractivity contribution in [3.8, 4) is 17.2 Å². The van der Waals surface area contributed by atoms with Crippen LogP contribution in [-0.4, -0.2) is 18.0 Å². The Hall–Kier alpha value is -4.32. The number of benzene rings is 3. The summed E-state index contributed by atoms with van der Waals surface area (Å²) in [5.74, 6) is 1.41. The first kappa shape index (κ1) is 21.9. The van der Waals surface area contributed by atoms with Crippen LogP contribution in [0.2, 0.25) is 0 Å². The third-order valence-corrected chi connectivity index (χ3v) is 4.91. The average Bonchev–Trinajstić information content (AvgIpc) is 2.88. The monoisotopic (exact) mass is 440 g/mol. The van der Waals surface area contributed by atoms with E-state index in [1.807, 2.05) is 72.8 Å². The van der Waals surface area contributed by atoms with Crippen LogP contribution in [0.5, 0.6) is 17.2 Å². The van der Waals surface area contributed by atoms with Crippen molar-refractivity contribution in [2.45, 2.75) is 12.7 Å². The molecule has 0 spiro atoms. The molecule has 1 aromatic heterocycles. The van der Waals surface area contributed by atoms with Crippen molar-refractivity contribution < 1.29 is 19.0 Å². The maximum atomic E-state index is 13.2. The largest absolute Gasteiger partial charge is 0.493 e. The Morgan fingerprint density at radius 3 is 2.27 bits per heavy atom. The van der Waals surface area contributed by atoms with Gasteiger partial charge in [0.1, 0.15) is 12.4 Å². The molecular formula is C27H24N2O4. The van der Waals surface area contributed by atoms with Gasteiger partial charge in [-0.15, -0.1) is 0 Å². The molecule has 33 heavy (non-hydrogen) atoms. The van der Waals surface area contributed by atoms with Crippen LogP contribution in [0, 0.1) is 0 Å². The Bertz CT molecular complexity index is 1170. The minimum atomic E-state index is -0.822. The maximum absolute atomic E-state index is 13.2. The van der Waals surface area contributed by atoms with Gasteiger partial charge in [-0.2, -0.15) is 0 Å². The van der Waals surface area contributed by atoms with Gasteiger partial charge in [0.2, 0.25) is 6.10 Å². The van der Waals surface area contributed by atoms with E-state index in [4.69, 9.17) is 14.2 Å². The molecule has 1 atom stereocenters. The summed E-state index contributed by atoms with van der Waals surface area (Å²) < 4.78 is 17.4. The molecule has 3 aromatic carbocycles. The standard InChI is InChI=1S/C27H24N2O4/c1-31-24-13-12-22(18-25(24)32-19-20-14-16-28-17-15-20)29-27(30)26(21-8-4-2-5-9-21)33-23-10-6-3-7-11-23/h2-18,26H,19H2,1H3,(H,29,30). The van der Waals surface area contributed by atoms with Gasteiger partial charge in [0.15, 0.2) is 11.5 Å². The second kappa shape index (κ2) is 10.8. The number of ether oxygens (including phenoxy) is 3. The van der Waals surface area contributed by atoms with Crippen LogP contribution >= 0.6 is 0 Å². The number of para-hydroxylation sites is 1. The quantitative estimate of drug-likeness (QED) is 0.376. The summed E-state index contributed by atoms with van der Waals surface area (Å²) in [6.07, 6.45) is 2.60. The number of anilines is 1. The molecule has 4 aromatic rings. The van der Waals surface area contributed by atoms with Crippen molar-refractivity contribution in [2.75, 3.05) is 12.4 Å². The van der Waals surface area contributed by atoms with Gasteiger partial charge in [-0.3, -0.25) is 9.78 Å². The van der Waals surface area contributed by atoms with E-state index < -0.39 is 6.10 Å². The summed E-state index contributed by atoms with van der Waals surface area (Å²) in [4.78, 5) is 17.3. The van der Waals surface area contributed by atoms with Crippen LogP contribution < -0.4 is 19.5 Å². The molecule has 1 heterocycles. The molecule has 0 aliphatic carbocycles. The number of rotatable bonds is 9. The molecule has 0 aliphatic rings. The Kier molecular flexibility index (Phi) is 7.18. The van der Waals surface area contributed by atoms with Crippen LogP contribution in [0.4, 0.5) is 5.69 Å². The highest BCUT2D eigenvalue weighted by Gasteiger charge is 2.23. The molecule has 6 heteroatoms. The highest BCUT2D eigenvalue weighted by Crippen LogP contribution is 2.32. The van der Waals surface area contributed by atoms with E-state index in [2.05, 4.69) is 10.3 Å². The van der Waals surface area contributed by atoms with Crippen molar-refractivity contribution in [2.24, 2.45) is 0 Å². The fourth-order valence-electron chi connectivity index (χ4n) is 3.25. The summed E-state index contributed by atoms with van der Waals surface area (Å²) >= 11 is 0. The zero-order chi connectivity index (χ0) is 22.9. The average molecular weight is 440 g/mol. The van der Waals surface area contributed by atoms with Crippen LogP contribution in [0.15, 0.2) is 103 Å². The van der Waals surface area contributed by atoms with Crippen molar-refractivity contribution in [1.82, 2.24) is 4.98 Å². The number of aromatic nitrogens is 1. The van der Waals surface area contributed by atoms with Gasteiger partial charge in [0.05, 0.1) is 7.11 Å². The number of carbonyl (C=O) groups excluding carboxylic acids is 1. The van der Waals surface area contributed by atoms with Gasteiger partial charge < -0.3 is 19.5 Å². The van der Waals surface area contributed by atoms with Crippen LogP contribution in [0.1, 0.15) is 17.2 Å². The van der Waals surface area contributed by atoms with E-state index in [0.29, 0.717) is 29.5 Å². The summed E-state index contributed by atoms with van der Waals surface area (Å²) in [5, 5.41) is 2.94. The molecule has 1 N–H and O–H groups in total. The van der Waals surface area contributed by atoms with E-state index >= 15 is 0 Å². The normalized spacial score (nSPS) is 11.3. The number of carbonyl (C=O) groups is 1. The number of hydrogen-bond donors (Lipinski definition) is 1. The molecule has 0 fully saturated rings. The third-order valence-electron chi connectivity index (χ3n) is 4.91. The van der Waals surface area contributed by atoms with E-state index in [1.165, 1.54) is 0 Å².